The maximum Gasteiger partial charge on any atom is 0.227 e. The van der Waals surface area contributed by atoms with Gasteiger partial charge in [0.05, 0.1) is 12.5 Å². The molecule has 0 radical (unpaired) electrons. The van der Waals surface area contributed by atoms with Gasteiger partial charge in [0.1, 0.15) is 18.2 Å². The summed E-state index contributed by atoms with van der Waals surface area (Å²) in [6, 6.07) is 5.00. The van der Waals surface area contributed by atoms with E-state index in [-0.39, 0.29) is 24.4 Å². The first-order valence-electron chi connectivity index (χ1n) is 5.67. The predicted octanol–water partition coefficient (Wildman–Crippen LogP) is 2.27. The lowest BCUT2D eigenvalue weighted by molar-refractivity contribution is -0.129. The number of nitrogens with zero attached hydrogens (tertiary/aromatic N) is 2. The Hall–Kier alpha value is -1.96. The van der Waals surface area contributed by atoms with Crippen molar-refractivity contribution >= 4 is 5.91 Å². The lowest BCUT2D eigenvalue weighted by Crippen LogP contribution is -2.33. The summed E-state index contributed by atoms with van der Waals surface area (Å²) in [6.07, 6.45) is 0.563. The van der Waals surface area contributed by atoms with Gasteiger partial charge < -0.3 is 4.90 Å². The minimum absolute atomic E-state index is 0.0184. The van der Waals surface area contributed by atoms with E-state index in [2.05, 4.69) is 0 Å². The maximum atomic E-state index is 13.4. The quantitative estimate of drug-likeness (QED) is 0.754. The van der Waals surface area contributed by atoms with Gasteiger partial charge in [0.2, 0.25) is 5.91 Å². The average molecular weight is 252 g/mol. The number of hydrogen-bond donors (Lipinski definition) is 0. The van der Waals surface area contributed by atoms with E-state index in [4.69, 9.17) is 5.26 Å². The average Bonchev–Trinajstić information content (AvgIpc) is 2.32. The van der Waals surface area contributed by atoms with Crippen LogP contribution in [0.25, 0.3) is 0 Å². The fourth-order valence-corrected chi connectivity index (χ4v) is 1.59. The van der Waals surface area contributed by atoms with Crippen molar-refractivity contribution in [2.45, 2.75) is 19.8 Å². The normalized spacial score (nSPS) is 9.89. The van der Waals surface area contributed by atoms with Crippen LogP contribution in [-0.2, 0) is 11.2 Å². The molecular weight excluding hydrogens is 238 g/mol. The largest absolute Gasteiger partial charge is 0.329 e. The second-order valence-electron chi connectivity index (χ2n) is 3.89. The van der Waals surface area contributed by atoms with Crippen LogP contribution >= 0.6 is 0 Å². The molecule has 0 aliphatic carbocycles. The molecule has 18 heavy (non-hydrogen) atoms. The summed E-state index contributed by atoms with van der Waals surface area (Å²) in [5.41, 5.74) is 0.139. The van der Waals surface area contributed by atoms with Crippen LogP contribution in [0.3, 0.4) is 0 Å². The third-order valence-corrected chi connectivity index (χ3v) is 2.46. The summed E-state index contributed by atoms with van der Waals surface area (Å²) in [6.45, 7) is 2.32. The number of nitriles is 1. The fourth-order valence-electron chi connectivity index (χ4n) is 1.59. The van der Waals surface area contributed by atoms with E-state index < -0.39 is 11.6 Å². The molecule has 5 heteroatoms. The highest BCUT2D eigenvalue weighted by molar-refractivity contribution is 5.79. The van der Waals surface area contributed by atoms with E-state index in [1.165, 1.54) is 11.0 Å². The Kier molecular flexibility index (Phi) is 5.25. The first-order valence-corrected chi connectivity index (χ1v) is 5.67. The Morgan fingerprint density at radius 1 is 1.44 bits per heavy atom. The topological polar surface area (TPSA) is 44.1 Å². The predicted molar refractivity (Wildman–Crippen MR) is 62.5 cm³/mol. The lowest BCUT2D eigenvalue weighted by Gasteiger charge is -2.18. The van der Waals surface area contributed by atoms with Gasteiger partial charge in [0.25, 0.3) is 0 Å². The summed E-state index contributed by atoms with van der Waals surface area (Å²) in [5, 5.41) is 8.60. The van der Waals surface area contributed by atoms with Crippen LogP contribution in [0.1, 0.15) is 18.9 Å². The Bertz CT molecular complexity index is 469. The van der Waals surface area contributed by atoms with Gasteiger partial charge in [-0.3, -0.25) is 4.79 Å². The van der Waals surface area contributed by atoms with E-state index >= 15 is 0 Å². The highest BCUT2D eigenvalue weighted by atomic mass is 19.1. The number of amides is 1. The van der Waals surface area contributed by atoms with Gasteiger partial charge in [0, 0.05) is 12.6 Å². The molecule has 0 spiro atoms. The molecular formula is C13H14F2N2O. The van der Waals surface area contributed by atoms with Crippen molar-refractivity contribution in [3.63, 3.8) is 0 Å². The second kappa shape index (κ2) is 6.70. The third-order valence-electron chi connectivity index (χ3n) is 2.46. The van der Waals surface area contributed by atoms with Gasteiger partial charge in [-0.05, 0) is 18.1 Å². The van der Waals surface area contributed by atoms with Gasteiger partial charge in [0.15, 0.2) is 0 Å². The van der Waals surface area contributed by atoms with Crippen LogP contribution in [-0.4, -0.2) is 23.9 Å². The summed E-state index contributed by atoms with van der Waals surface area (Å²) >= 11 is 0. The number of rotatable bonds is 5. The van der Waals surface area contributed by atoms with Crippen molar-refractivity contribution in [1.29, 1.82) is 5.26 Å². The van der Waals surface area contributed by atoms with Crippen LogP contribution in [0, 0.1) is 23.0 Å². The van der Waals surface area contributed by atoms with E-state index in [9.17, 15) is 13.6 Å². The molecule has 1 amide bonds. The van der Waals surface area contributed by atoms with Crippen molar-refractivity contribution in [2.24, 2.45) is 0 Å². The smallest absolute Gasteiger partial charge is 0.227 e. The van der Waals surface area contributed by atoms with Gasteiger partial charge >= 0.3 is 0 Å². The molecule has 0 aliphatic heterocycles. The Morgan fingerprint density at radius 3 is 2.72 bits per heavy atom. The standard InChI is InChI=1S/C13H14F2N2O/c1-2-6-17(7-5-16)13(18)8-10-3-4-11(14)9-12(10)15/h3-4,9H,2,6-8H2,1H3. The zero-order valence-electron chi connectivity index (χ0n) is 10.1. The Balaban J connectivity index is 2.76. The van der Waals surface area contributed by atoms with Crippen LogP contribution in [0.2, 0.25) is 0 Å². The first kappa shape index (κ1) is 14.1. The molecule has 0 aliphatic rings. The summed E-state index contributed by atoms with van der Waals surface area (Å²) < 4.78 is 26.1. The van der Waals surface area contributed by atoms with Gasteiger partial charge in [-0.2, -0.15) is 5.26 Å². The van der Waals surface area contributed by atoms with E-state index in [0.29, 0.717) is 6.54 Å². The molecule has 0 saturated heterocycles. The fraction of sp³-hybridized carbons (Fsp3) is 0.385. The Morgan fingerprint density at radius 2 is 2.17 bits per heavy atom. The van der Waals surface area contributed by atoms with E-state index in [1.807, 2.05) is 13.0 Å². The zero-order chi connectivity index (χ0) is 13.5. The van der Waals surface area contributed by atoms with E-state index in [1.54, 1.807) is 0 Å². The van der Waals surface area contributed by atoms with Crippen molar-refractivity contribution in [3.8, 4) is 6.07 Å². The first-order chi connectivity index (χ1) is 8.58. The monoisotopic (exact) mass is 252 g/mol. The molecule has 0 N–H and O–H groups in total. The molecule has 0 atom stereocenters. The number of halogens is 2. The zero-order valence-corrected chi connectivity index (χ0v) is 10.1. The molecule has 1 aromatic carbocycles. The van der Waals surface area contributed by atoms with Crippen molar-refractivity contribution in [1.82, 2.24) is 4.90 Å². The lowest BCUT2D eigenvalue weighted by atomic mass is 10.1. The number of carbonyl (C=O) groups excluding carboxylic acids is 1. The number of carbonyl (C=O) groups is 1. The van der Waals surface area contributed by atoms with Crippen LogP contribution in [0.4, 0.5) is 8.78 Å². The van der Waals surface area contributed by atoms with Crippen LogP contribution < -0.4 is 0 Å². The summed E-state index contributed by atoms with van der Waals surface area (Å²) in [4.78, 5) is 13.2. The number of hydrogen-bond acceptors (Lipinski definition) is 2. The van der Waals surface area contributed by atoms with Gasteiger partial charge in [-0.1, -0.05) is 13.0 Å². The minimum Gasteiger partial charge on any atom is -0.329 e. The molecule has 0 bridgehead atoms. The van der Waals surface area contributed by atoms with Gasteiger partial charge in [-0.25, -0.2) is 8.78 Å². The molecule has 1 rings (SSSR count). The van der Waals surface area contributed by atoms with Crippen molar-refractivity contribution in [3.05, 3.63) is 35.4 Å². The minimum atomic E-state index is -0.739. The molecule has 3 nitrogen and oxygen atoms in total. The Labute approximate surface area is 105 Å². The maximum absolute atomic E-state index is 13.4. The molecule has 1 aromatic rings. The summed E-state index contributed by atoms with van der Waals surface area (Å²) in [5.74, 6) is -1.74. The highest BCUT2D eigenvalue weighted by Crippen LogP contribution is 2.11. The summed E-state index contributed by atoms with van der Waals surface area (Å²) in [7, 11) is 0. The van der Waals surface area contributed by atoms with E-state index in [0.717, 1.165) is 18.6 Å². The van der Waals surface area contributed by atoms with Crippen molar-refractivity contribution in [2.75, 3.05) is 13.1 Å². The molecule has 0 unspecified atom stereocenters. The van der Waals surface area contributed by atoms with Crippen molar-refractivity contribution < 1.29 is 13.6 Å². The molecule has 0 aromatic heterocycles. The molecule has 96 valence electrons. The molecule has 0 fully saturated rings. The highest BCUT2D eigenvalue weighted by Gasteiger charge is 2.15. The SMILES string of the molecule is CCCN(CC#N)C(=O)Cc1ccc(F)cc1F. The third kappa shape index (κ3) is 3.81. The van der Waals surface area contributed by atoms with Crippen LogP contribution in [0.15, 0.2) is 18.2 Å². The molecule has 0 saturated carbocycles. The van der Waals surface area contributed by atoms with Crippen LogP contribution in [0.5, 0.6) is 0 Å². The molecule has 0 heterocycles. The number of benzene rings is 1. The second-order valence-corrected chi connectivity index (χ2v) is 3.89. The van der Waals surface area contributed by atoms with Gasteiger partial charge in [-0.15, -0.1) is 0 Å².